The average Bonchev–Trinajstić information content (AvgIpc) is 2.20. The summed E-state index contributed by atoms with van der Waals surface area (Å²) in [5.74, 6) is 0. The number of thioether (sulfide) groups is 1. The van der Waals surface area contributed by atoms with Gasteiger partial charge in [-0.3, -0.25) is 0 Å². The molecule has 0 radical (unpaired) electrons. The average molecular weight is 259 g/mol. The molecule has 0 fully saturated rings. The molecule has 0 aliphatic carbocycles. The molecule has 0 aliphatic heterocycles. The second-order valence-corrected chi connectivity index (χ2v) is 11.8. The van der Waals surface area contributed by atoms with Crippen LogP contribution in [0.4, 0.5) is 0 Å². The molecule has 0 nitrogen and oxygen atoms in total. The highest BCUT2D eigenvalue weighted by Crippen LogP contribution is 2.25. The molecule has 0 aromatic heterocycles. The number of hydrogen-bond acceptors (Lipinski definition) is 1. The Labute approximate surface area is 108 Å². The van der Waals surface area contributed by atoms with Gasteiger partial charge in [0.05, 0.1) is 8.07 Å². The monoisotopic (exact) mass is 258 g/mol. The van der Waals surface area contributed by atoms with Crippen LogP contribution in [0.15, 0.2) is 10.6 Å². The summed E-state index contributed by atoms with van der Waals surface area (Å²) in [5, 5.41) is 0. The molecule has 0 saturated heterocycles. The van der Waals surface area contributed by atoms with Crippen LogP contribution in [0.5, 0.6) is 0 Å². The van der Waals surface area contributed by atoms with Crippen molar-refractivity contribution in [1.29, 1.82) is 0 Å². The van der Waals surface area contributed by atoms with Crippen molar-refractivity contribution in [1.82, 2.24) is 0 Å². The lowest BCUT2D eigenvalue weighted by Crippen LogP contribution is -2.21. The van der Waals surface area contributed by atoms with Crippen molar-refractivity contribution < 1.29 is 0 Å². The minimum Gasteiger partial charge on any atom is -0.139 e. The fourth-order valence-electron chi connectivity index (χ4n) is 1.85. The highest BCUT2D eigenvalue weighted by Gasteiger charge is 2.17. The van der Waals surface area contributed by atoms with E-state index in [1.807, 2.05) is 11.8 Å². The summed E-state index contributed by atoms with van der Waals surface area (Å²) < 4.78 is 1.68. The van der Waals surface area contributed by atoms with E-state index in [9.17, 15) is 0 Å². The van der Waals surface area contributed by atoms with Crippen LogP contribution in [0, 0.1) is 0 Å². The molecule has 0 aromatic carbocycles. The molecule has 0 amide bonds. The molecule has 0 heterocycles. The van der Waals surface area contributed by atoms with Gasteiger partial charge >= 0.3 is 0 Å². The lowest BCUT2D eigenvalue weighted by atomic mass is 10.1. The van der Waals surface area contributed by atoms with E-state index in [2.05, 4.69) is 38.9 Å². The third-order valence-corrected chi connectivity index (χ3v) is 7.59. The van der Waals surface area contributed by atoms with Crippen LogP contribution >= 0.6 is 11.8 Å². The topological polar surface area (TPSA) is 0 Å². The van der Waals surface area contributed by atoms with Gasteiger partial charge in [0, 0.05) is 0 Å². The zero-order valence-corrected chi connectivity index (χ0v) is 13.8. The number of allylic oxidation sites excluding steroid dienone is 1. The molecule has 0 rings (SSSR count). The van der Waals surface area contributed by atoms with E-state index < -0.39 is 8.07 Å². The first-order chi connectivity index (χ1) is 7.52. The minimum absolute atomic E-state index is 1.04. The van der Waals surface area contributed by atoms with Gasteiger partial charge in [0.2, 0.25) is 0 Å². The van der Waals surface area contributed by atoms with Crippen molar-refractivity contribution in [3.05, 3.63) is 10.6 Å². The van der Waals surface area contributed by atoms with Crippen molar-refractivity contribution in [2.75, 3.05) is 6.26 Å². The Morgan fingerprint density at radius 2 is 1.56 bits per heavy atom. The minimum atomic E-state index is -1.04. The van der Waals surface area contributed by atoms with Gasteiger partial charge in [0.15, 0.2) is 0 Å². The van der Waals surface area contributed by atoms with Gasteiger partial charge in [0.1, 0.15) is 0 Å². The lowest BCUT2D eigenvalue weighted by molar-refractivity contribution is 0.611. The predicted molar refractivity (Wildman–Crippen MR) is 82.9 cm³/mol. The number of rotatable bonds is 9. The van der Waals surface area contributed by atoms with Gasteiger partial charge in [-0.2, -0.15) is 0 Å². The van der Waals surface area contributed by atoms with Gasteiger partial charge in [-0.15, -0.1) is 11.8 Å². The van der Waals surface area contributed by atoms with E-state index in [-0.39, 0.29) is 0 Å². The number of unbranched alkanes of at least 4 members (excludes halogenated alkanes) is 6. The molecular formula is C14H30SSi. The largest absolute Gasteiger partial charge is 0.139 e. The van der Waals surface area contributed by atoms with Gasteiger partial charge < -0.3 is 0 Å². The van der Waals surface area contributed by atoms with Crippen molar-refractivity contribution in [3.63, 3.8) is 0 Å². The van der Waals surface area contributed by atoms with Crippen LogP contribution in [0.2, 0.25) is 19.6 Å². The Kier molecular flexibility index (Phi) is 9.53. The van der Waals surface area contributed by atoms with E-state index in [4.69, 9.17) is 0 Å². The van der Waals surface area contributed by atoms with E-state index in [0.29, 0.717) is 0 Å². The van der Waals surface area contributed by atoms with Crippen LogP contribution in [-0.2, 0) is 0 Å². The van der Waals surface area contributed by atoms with Crippen LogP contribution < -0.4 is 0 Å². The predicted octanol–water partition coefficient (Wildman–Crippen LogP) is 5.86. The molecule has 0 unspecified atom stereocenters. The second kappa shape index (κ2) is 9.35. The first kappa shape index (κ1) is 16.3. The smallest absolute Gasteiger partial charge is 0.0853 e. The van der Waals surface area contributed by atoms with Crippen molar-refractivity contribution in [3.8, 4) is 0 Å². The molecule has 0 saturated carbocycles. The molecule has 96 valence electrons. The second-order valence-electron chi connectivity index (χ2n) is 5.58. The summed E-state index contributed by atoms with van der Waals surface area (Å²) >= 11 is 1.97. The summed E-state index contributed by atoms with van der Waals surface area (Å²) in [6.45, 7) is 9.60. The zero-order valence-electron chi connectivity index (χ0n) is 11.9. The van der Waals surface area contributed by atoms with Crippen molar-refractivity contribution >= 4 is 19.8 Å². The Hall–Kier alpha value is 0.307. The van der Waals surface area contributed by atoms with E-state index in [1.165, 1.54) is 44.9 Å². The summed E-state index contributed by atoms with van der Waals surface area (Å²) in [4.78, 5) is 0. The Balaban J connectivity index is 3.65. The molecular weight excluding hydrogens is 228 g/mol. The maximum absolute atomic E-state index is 2.51. The first-order valence-electron chi connectivity index (χ1n) is 6.77. The summed E-state index contributed by atoms with van der Waals surface area (Å²) in [6, 6.07) is 0. The van der Waals surface area contributed by atoms with Gasteiger partial charge in [-0.05, 0) is 23.6 Å². The molecule has 0 aromatic rings. The van der Waals surface area contributed by atoms with Crippen LogP contribution in [0.25, 0.3) is 0 Å². The highest BCUT2D eigenvalue weighted by molar-refractivity contribution is 8.04. The number of hydrogen-bond donors (Lipinski definition) is 0. The zero-order chi connectivity index (χ0) is 12.4. The quantitative estimate of drug-likeness (QED) is 0.368. The molecule has 2 heteroatoms. The van der Waals surface area contributed by atoms with Crippen molar-refractivity contribution in [2.45, 2.75) is 71.5 Å². The van der Waals surface area contributed by atoms with Crippen molar-refractivity contribution in [2.24, 2.45) is 0 Å². The van der Waals surface area contributed by atoms with E-state index >= 15 is 0 Å². The third-order valence-electron chi connectivity index (χ3n) is 2.85. The first-order valence-corrected chi connectivity index (χ1v) is 11.5. The van der Waals surface area contributed by atoms with Gasteiger partial charge in [-0.25, -0.2) is 0 Å². The lowest BCUT2D eigenvalue weighted by Gasteiger charge is -2.18. The van der Waals surface area contributed by atoms with Crippen LogP contribution in [0.3, 0.4) is 0 Å². The summed E-state index contributed by atoms with van der Waals surface area (Å²) in [6.07, 6.45) is 14.5. The SMILES string of the molecule is CCCCCCCC/C=C(/SC)[Si](C)(C)C. The molecule has 0 bridgehead atoms. The van der Waals surface area contributed by atoms with Crippen LogP contribution in [0.1, 0.15) is 51.9 Å². The maximum atomic E-state index is 2.51. The highest BCUT2D eigenvalue weighted by atomic mass is 32.2. The fourth-order valence-corrected chi connectivity index (χ4v) is 5.34. The molecule has 16 heavy (non-hydrogen) atoms. The molecule has 0 aliphatic rings. The summed E-state index contributed by atoms with van der Waals surface area (Å²) in [7, 11) is -1.04. The third kappa shape index (κ3) is 8.46. The van der Waals surface area contributed by atoms with Gasteiger partial charge in [0.25, 0.3) is 0 Å². The summed E-state index contributed by atoms with van der Waals surface area (Å²) in [5.41, 5.74) is 0. The molecule has 0 spiro atoms. The Morgan fingerprint density at radius 3 is 2.06 bits per heavy atom. The normalized spacial score (nSPS) is 13.2. The van der Waals surface area contributed by atoms with Gasteiger partial charge in [-0.1, -0.05) is 64.7 Å². The Morgan fingerprint density at radius 1 is 1.00 bits per heavy atom. The standard InChI is InChI=1S/C14H30SSi/c1-6-7-8-9-10-11-12-13-14(15-2)16(3,4)5/h13H,6-12H2,1-5H3/b14-13-. The Bertz CT molecular complexity index is 191. The van der Waals surface area contributed by atoms with Crippen LogP contribution in [-0.4, -0.2) is 14.3 Å². The fraction of sp³-hybridized carbons (Fsp3) is 0.857. The molecule has 0 atom stereocenters. The van der Waals surface area contributed by atoms with E-state index in [0.717, 1.165) is 0 Å². The maximum Gasteiger partial charge on any atom is 0.0853 e. The van der Waals surface area contributed by atoms with E-state index in [1.54, 1.807) is 4.53 Å². The molecule has 0 N–H and O–H groups in total.